The number of ketones is 1. The molecule has 3 rings (SSSR count). The highest BCUT2D eigenvalue weighted by Crippen LogP contribution is 2.20. The van der Waals surface area contributed by atoms with Gasteiger partial charge < -0.3 is 4.42 Å². The summed E-state index contributed by atoms with van der Waals surface area (Å²) < 4.78 is 4.97. The summed E-state index contributed by atoms with van der Waals surface area (Å²) in [5.41, 5.74) is 1.93. The van der Waals surface area contributed by atoms with Gasteiger partial charge >= 0.3 is 5.76 Å². The van der Waals surface area contributed by atoms with Crippen molar-refractivity contribution in [3.05, 3.63) is 56.0 Å². The van der Waals surface area contributed by atoms with Crippen LogP contribution in [0.3, 0.4) is 0 Å². The Hall–Kier alpha value is -2.18. The molecule has 21 heavy (non-hydrogen) atoms. The standard InChI is InChI=1S/C13H7Cl2N3O3/c1-5-2-6(3-8-10(5)18-13(20)21-8)11(19)7-4-9(14)17-12(15)16-7/h2-4H,1H3,(H,18,20). The van der Waals surface area contributed by atoms with Crippen LogP contribution in [0.2, 0.25) is 10.4 Å². The maximum absolute atomic E-state index is 12.4. The molecule has 6 nitrogen and oxygen atoms in total. The molecule has 0 aliphatic rings. The van der Waals surface area contributed by atoms with E-state index in [-0.39, 0.29) is 16.1 Å². The summed E-state index contributed by atoms with van der Waals surface area (Å²) in [6, 6.07) is 4.41. The van der Waals surface area contributed by atoms with Gasteiger partial charge in [0.05, 0.1) is 5.52 Å². The molecule has 0 fully saturated rings. The Morgan fingerprint density at radius 2 is 2.00 bits per heavy atom. The van der Waals surface area contributed by atoms with Gasteiger partial charge in [-0.25, -0.2) is 14.8 Å². The molecule has 1 aromatic carbocycles. The summed E-state index contributed by atoms with van der Waals surface area (Å²) in [5, 5.41) is -0.0406. The van der Waals surface area contributed by atoms with Gasteiger partial charge in [-0.3, -0.25) is 9.78 Å². The van der Waals surface area contributed by atoms with Gasteiger partial charge in [-0.1, -0.05) is 11.6 Å². The van der Waals surface area contributed by atoms with Crippen LogP contribution in [0, 0.1) is 6.92 Å². The summed E-state index contributed by atoms with van der Waals surface area (Å²) >= 11 is 11.4. The minimum atomic E-state index is -0.578. The highest BCUT2D eigenvalue weighted by molar-refractivity contribution is 6.32. The number of rotatable bonds is 2. The lowest BCUT2D eigenvalue weighted by molar-refractivity contribution is 0.103. The van der Waals surface area contributed by atoms with E-state index in [2.05, 4.69) is 15.0 Å². The van der Waals surface area contributed by atoms with Crippen molar-refractivity contribution in [3.8, 4) is 0 Å². The fourth-order valence-corrected chi connectivity index (χ4v) is 2.42. The lowest BCUT2D eigenvalue weighted by Crippen LogP contribution is -2.05. The van der Waals surface area contributed by atoms with Gasteiger partial charge in [-0.15, -0.1) is 0 Å². The Morgan fingerprint density at radius 1 is 1.24 bits per heavy atom. The number of nitrogens with one attached hydrogen (secondary N) is 1. The Bertz CT molecular complexity index is 910. The number of fused-ring (bicyclic) bond motifs is 1. The molecule has 2 heterocycles. The first-order chi connectivity index (χ1) is 9.94. The topological polar surface area (TPSA) is 88.8 Å². The number of H-pyrrole nitrogens is 1. The fraction of sp³-hybridized carbons (Fsp3) is 0.0769. The van der Waals surface area contributed by atoms with E-state index in [9.17, 15) is 9.59 Å². The van der Waals surface area contributed by atoms with Crippen molar-refractivity contribution in [2.24, 2.45) is 0 Å². The van der Waals surface area contributed by atoms with E-state index < -0.39 is 11.5 Å². The van der Waals surface area contributed by atoms with Gasteiger partial charge in [0.25, 0.3) is 0 Å². The van der Waals surface area contributed by atoms with Crippen LogP contribution in [0.15, 0.2) is 27.4 Å². The molecule has 1 N–H and O–H groups in total. The number of oxazole rings is 1. The zero-order chi connectivity index (χ0) is 15.1. The van der Waals surface area contributed by atoms with Crippen LogP contribution in [0.25, 0.3) is 11.1 Å². The Kier molecular flexibility index (Phi) is 3.27. The van der Waals surface area contributed by atoms with Crippen molar-refractivity contribution in [1.29, 1.82) is 0 Å². The molecule has 0 amide bonds. The Balaban J connectivity index is 2.15. The molecule has 2 aromatic heterocycles. The summed E-state index contributed by atoms with van der Waals surface area (Å²) in [7, 11) is 0. The van der Waals surface area contributed by atoms with Crippen LogP contribution < -0.4 is 5.76 Å². The van der Waals surface area contributed by atoms with Crippen molar-refractivity contribution in [2.75, 3.05) is 0 Å². The molecule has 0 aliphatic heterocycles. The zero-order valence-corrected chi connectivity index (χ0v) is 12.1. The SMILES string of the molecule is Cc1cc(C(=O)c2cc(Cl)nc(Cl)n2)cc2oc(=O)[nH]c12. The lowest BCUT2D eigenvalue weighted by atomic mass is 10.0. The van der Waals surface area contributed by atoms with E-state index in [1.165, 1.54) is 12.1 Å². The van der Waals surface area contributed by atoms with E-state index >= 15 is 0 Å². The number of aryl methyl sites for hydroxylation is 1. The van der Waals surface area contributed by atoms with E-state index in [4.69, 9.17) is 27.6 Å². The van der Waals surface area contributed by atoms with Crippen LogP contribution >= 0.6 is 23.2 Å². The monoisotopic (exact) mass is 323 g/mol. The number of nitrogens with zero attached hydrogens (tertiary/aromatic N) is 2. The number of carbonyl (C=O) groups is 1. The van der Waals surface area contributed by atoms with Crippen molar-refractivity contribution in [2.45, 2.75) is 6.92 Å². The third-order valence-electron chi connectivity index (χ3n) is 2.89. The summed E-state index contributed by atoms with van der Waals surface area (Å²) in [6.45, 7) is 1.75. The molecule has 3 aromatic rings. The second-order valence-corrected chi connectivity index (χ2v) is 5.08. The van der Waals surface area contributed by atoms with Crippen LogP contribution in [0.4, 0.5) is 0 Å². The molecule has 0 atom stereocenters. The van der Waals surface area contributed by atoms with Crippen molar-refractivity contribution in [3.63, 3.8) is 0 Å². The van der Waals surface area contributed by atoms with Gasteiger partial charge in [0.1, 0.15) is 10.8 Å². The first kappa shape index (κ1) is 13.8. The molecule has 0 saturated carbocycles. The predicted molar refractivity (Wildman–Crippen MR) is 77.1 cm³/mol. The summed E-state index contributed by atoms with van der Waals surface area (Å²) in [4.78, 5) is 33.7. The number of hydrogen-bond donors (Lipinski definition) is 1. The van der Waals surface area contributed by atoms with Crippen LogP contribution in [0.5, 0.6) is 0 Å². The van der Waals surface area contributed by atoms with Gasteiger partial charge in [-0.05, 0) is 36.2 Å². The fourth-order valence-electron chi connectivity index (χ4n) is 2.01. The lowest BCUT2D eigenvalue weighted by Gasteiger charge is -2.03. The van der Waals surface area contributed by atoms with Gasteiger partial charge in [0.2, 0.25) is 11.1 Å². The van der Waals surface area contributed by atoms with E-state index in [0.29, 0.717) is 22.2 Å². The molecule has 0 saturated heterocycles. The third-order valence-corrected chi connectivity index (χ3v) is 3.25. The number of halogens is 2. The van der Waals surface area contributed by atoms with E-state index in [0.717, 1.165) is 0 Å². The van der Waals surface area contributed by atoms with Crippen molar-refractivity contribution in [1.82, 2.24) is 15.0 Å². The molecule has 0 spiro atoms. The molecule has 106 valence electrons. The zero-order valence-electron chi connectivity index (χ0n) is 10.6. The Labute approximate surface area is 127 Å². The first-order valence-corrected chi connectivity index (χ1v) is 6.58. The minimum Gasteiger partial charge on any atom is -0.408 e. The average Bonchev–Trinajstić information content (AvgIpc) is 2.77. The largest absolute Gasteiger partial charge is 0.417 e. The summed E-state index contributed by atoms with van der Waals surface area (Å²) in [6.07, 6.45) is 0. The number of carbonyl (C=O) groups excluding carboxylic acids is 1. The van der Waals surface area contributed by atoms with Crippen LogP contribution in [-0.2, 0) is 0 Å². The molecular weight excluding hydrogens is 317 g/mol. The molecule has 0 radical (unpaired) electrons. The highest BCUT2D eigenvalue weighted by atomic mass is 35.5. The summed E-state index contributed by atoms with van der Waals surface area (Å²) in [5.74, 6) is -0.971. The van der Waals surface area contributed by atoms with E-state index in [1.54, 1.807) is 13.0 Å². The van der Waals surface area contributed by atoms with Gasteiger partial charge in [0, 0.05) is 11.6 Å². The Morgan fingerprint density at radius 3 is 2.71 bits per heavy atom. The molecule has 0 bridgehead atoms. The van der Waals surface area contributed by atoms with Crippen molar-refractivity contribution < 1.29 is 9.21 Å². The molecular formula is C13H7Cl2N3O3. The van der Waals surface area contributed by atoms with Gasteiger partial charge in [-0.2, -0.15) is 0 Å². The molecule has 0 aliphatic carbocycles. The predicted octanol–water partition coefficient (Wildman–Crippen LogP) is 2.76. The van der Waals surface area contributed by atoms with Crippen molar-refractivity contribution >= 4 is 40.1 Å². The first-order valence-electron chi connectivity index (χ1n) is 5.82. The number of benzene rings is 1. The quantitative estimate of drug-likeness (QED) is 0.445. The smallest absolute Gasteiger partial charge is 0.408 e. The second-order valence-electron chi connectivity index (χ2n) is 4.35. The van der Waals surface area contributed by atoms with Crippen LogP contribution in [0.1, 0.15) is 21.6 Å². The number of aromatic nitrogens is 3. The van der Waals surface area contributed by atoms with E-state index in [1.807, 2.05) is 0 Å². The highest BCUT2D eigenvalue weighted by Gasteiger charge is 2.16. The minimum absolute atomic E-state index is 0.0663. The third kappa shape index (κ3) is 2.55. The molecule has 8 heteroatoms. The number of aromatic amines is 1. The normalized spacial score (nSPS) is 11.0. The average molecular weight is 324 g/mol. The molecule has 0 unspecified atom stereocenters. The second kappa shape index (κ2) is 4.98. The number of hydrogen-bond acceptors (Lipinski definition) is 5. The maximum Gasteiger partial charge on any atom is 0.417 e. The van der Waals surface area contributed by atoms with Gasteiger partial charge in [0.15, 0.2) is 5.58 Å². The van der Waals surface area contributed by atoms with Crippen LogP contribution in [-0.4, -0.2) is 20.7 Å². The maximum atomic E-state index is 12.4.